The summed E-state index contributed by atoms with van der Waals surface area (Å²) in [5, 5.41) is 1.30. The molecule has 0 aliphatic carbocycles. The number of unbranched alkanes of at least 4 members (excludes halogenated alkanes) is 7. The Bertz CT molecular complexity index is 1070. The number of para-hydroxylation sites is 1. The molecule has 0 N–H and O–H groups in total. The van der Waals surface area contributed by atoms with Gasteiger partial charge in [-0.25, -0.2) is 0 Å². The molecule has 0 spiro atoms. The monoisotopic (exact) mass is 514 g/mol. The van der Waals surface area contributed by atoms with Crippen LogP contribution in [0.3, 0.4) is 0 Å². The molecule has 0 aliphatic rings. The van der Waals surface area contributed by atoms with Crippen molar-refractivity contribution in [3.63, 3.8) is 0 Å². The van der Waals surface area contributed by atoms with E-state index in [4.69, 9.17) is 0 Å². The maximum absolute atomic E-state index is 2.61. The number of hydrogen-bond acceptors (Lipinski definition) is 2. The second kappa shape index (κ2) is 17.0. The first-order chi connectivity index (χ1) is 18.7. The van der Waals surface area contributed by atoms with Crippen LogP contribution in [0.2, 0.25) is 0 Å². The van der Waals surface area contributed by atoms with E-state index >= 15 is 0 Å². The van der Waals surface area contributed by atoms with Gasteiger partial charge in [-0.1, -0.05) is 102 Å². The zero-order valence-corrected chi connectivity index (χ0v) is 24.7. The van der Waals surface area contributed by atoms with Gasteiger partial charge in [0.1, 0.15) is 0 Å². The average molecular weight is 515 g/mol. The van der Waals surface area contributed by atoms with Gasteiger partial charge in [-0.05, 0) is 55.6 Å². The van der Waals surface area contributed by atoms with Crippen LogP contribution in [0.5, 0.6) is 0 Å². The number of aromatic nitrogens is 1. The summed E-state index contributed by atoms with van der Waals surface area (Å²) < 4.78 is 2.37. The van der Waals surface area contributed by atoms with Crippen LogP contribution >= 0.6 is 0 Å². The molecule has 38 heavy (non-hydrogen) atoms. The Hall–Kier alpha value is -2.65. The highest BCUT2D eigenvalue weighted by Crippen LogP contribution is 2.21. The van der Waals surface area contributed by atoms with Crippen molar-refractivity contribution in [1.82, 2.24) is 4.90 Å². The van der Waals surface area contributed by atoms with E-state index in [9.17, 15) is 0 Å². The normalized spacial score (nSPS) is 11.7. The summed E-state index contributed by atoms with van der Waals surface area (Å²) >= 11 is 0. The van der Waals surface area contributed by atoms with Crippen molar-refractivity contribution in [3.8, 4) is 0 Å². The van der Waals surface area contributed by atoms with Gasteiger partial charge in [-0.3, -0.25) is 4.90 Å². The predicted molar refractivity (Wildman–Crippen MR) is 168 cm³/mol. The molecule has 0 saturated carbocycles. The Morgan fingerprint density at radius 3 is 1.97 bits per heavy atom. The first-order valence-electron chi connectivity index (χ1n) is 15.3. The molecular weight excluding hydrogens is 462 g/mol. The molecule has 1 heterocycles. The van der Waals surface area contributed by atoms with Crippen LogP contribution in [0.25, 0.3) is 23.1 Å². The third-order valence-corrected chi connectivity index (χ3v) is 7.52. The molecule has 206 valence electrons. The fraction of sp³-hybridized carbons (Fsp3) is 0.514. The van der Waals surface area contributed by atoms with Crippen molar-refractivity contribution in [1.29, 1.82) is 0 Å². The lowest BCUT2D eigenvalue weighted by atomic mass is 10.1. The Balaban J connectivity index is 1.71. The van der Waals surface area contributed by atoms with Gasteiger partial charge in [0.25, 0.3) is 0 Å². The molecular formula is C35H52N3+. The van der Waals surface area contributed by atoms with Crippen LogP contribution in [0.4, 0.5) is 5.69 Å². The smallest absolute Gasteiger partial charge is 0.214 e. The highest BCUT2D eigenvalue weighted by Gasteiger charge is 2.13. The molecule has 0 unspecified atom stereocenters. The van der Waals surface area contributed by atoms with Crippen LogP contribution in [0.1, 0.15) is 96.1 Å². The molecule has 0 saturated heterocycles. The molecule has 0 radical (unpaired) electrons. The molecule has 0 bridgehead atoms. The third-order valence-electron chi connectivity index (χ3n) is 7.52. The summed E-state index contributed by atoms with van der Waals surface area (Å²) in [5.74, 6) is 0. The van der Waals surface area contributed by atoms with Gasteiger partial charge >= 0.3 is 0 Å². The Morgan fingerprint density at radius 2 is 1.32 bits per heavy atom. The highest BCUT2D eigenvalue weighted by molar-refractivity contribution is 5.88. The molecule has 2 aromatic carbocycles. The SMILES string of the molecule is CCCCCCN(CCCCCC)c1ccc(C=Cc2cc[n+](CN(C)CCCC)c3ccccc23)cc1. The number of nitrogens with zero attached hydrogens (tertiary/aromatic N) is 3. The number of fused-ring (bicyclic) bond motifs is 1. The van der Waals surface area contributed by atoms with E-state index < -0.39 is 0 Å². The first kappa shape index (κ1) is 29.9. The average Bonchev–Trinajstić information content (AvgIpc) is 2.95. The molecule has 3 rings (SSSR count). The molecule has 3 nitrogen and oxygen atoms in total. The summed E-state index contributed by atoms with van der Waals surface area (Å²) in [6.45, 7) is 11.2. The molecule has 0 amide bonds. The van der Waals surface area contributed by atoms with Crippen molar-refractivity contribution < 1.29 is 4.57 Å². The minimum atomic E-state index is 0.916. The molecule has 0 atom stereocenters. The minimum absolute atomic E-state index is 0.916. The van der Waals surface area contributed by atoms with Crippen molar-refractivity contribution in [2.24, 2.45) is 0 Å². The molecule has 3 heteroatoms. The lowest BCUT2D eigenvalue weighted by Crippen LogP contribution is -2.43. The number of anilines is 1. The van der Waals surface area contributed by atoms with E-state index in [1.165, 1.54) is 105 Å². The van der Waals surface area contributed by atoms with Gasteiger partial charge in [0.05, 0.1) is 5.39 Å². The Morgan fingerprint density at radius 1 is 0.658 bits per heavy atom. The van der Waals surface area contributed by atoms with Crippen LogP contribution in [0.15, 0.2) is 60.8 Å². The quantitative estimate of drug-likeness (QED) is 0.124. The van der Waals surface area contributed by atoms with Crippen molar-refractivity contribution in [2.75, 3.05) is 31.6 Å². The van der Waals surface area contributed by atoms with Crippen LogP contribution in [0, 0.1) is 0 Å². The lowest BCUT2D eigenvalue weighted by Gasteiger charge is -2.25. The second-order valence-electron chi connectivity index (χ2n) is 10.9. The van der Waals surface area contributed by atoms with E-state index in [0.29, 0.717) is 0 Å². The Kier molecular flexibility index (Phi) is 13.4. The van der Waals surface area contributed by atoms with E-state index in [2.05, 4.69) is 115 Å². The van der Waals surface area contributed by atoms with Crippen LogP contribution in [-0.4, -0.2) is 31.6 Å². The summed E-state index contributed by atoms with van der Waals surface area (Å²) in [5.41, 5.74) is 5.18. The topological polar surface area (TPSA) is 10.4 Å². The van der Waals surface area contributed by atoms with E-state index in [0.717, 1.165) is 13.2 Å². The zero-order valence-electron chi connectivity index (χ0n) is 24.7. The summed E-state index contributed by atoms with van der Waals surface area (Å²) in [4.78, 5) is 5.02. The van der Waals surface area contributed by atoms with E-state index in [-0.39, 0.29) is 0 Å². The van der Waals surface area contributed by atoms with Crippen LogP contribution < -0.4 is 9.47 Å². The van der Waals surface area contributed by atoms with Crippen molar-refractivity contribution >= 4 is 28.7 Å². The van der Waals surface area contributed by atoms with Gasteiger partial charge in [0, 0.05) is 37.5 Å². The fourth-order valence-electron chi connectivity index (χ4n) is 5.15. The predicted octanol–water partition coefficient (Wildman–Crippen LogP) is 8.95. The summed E-state index contributed by atoms with van der Waals surface area (Å²) in [6.07, 6.45) is 19.8. The zero-order chi connectivity index (χ0) is 27.0. The third kappa shape index (κ3) is 9.58. The largest absolute Gasteiger partial charge is 0.372 e. The molecule has 3 aromatic rings. The molecule has 1 aromatic heterocycles. The lowest BCUT2D eigenvalue weighted by molar-refractivity contribution is -0.690. The second-order valence-corrected chi connectivity index (χ2v) is 10.9. The maximum atomic E-state index is 2.61. The van der Waals surface area contributed by atoms with E-state index in [1.54, 1.807) is 0 Å². The standard InChI is InChI=1S/C35H52N3/c1-5-8-11-15-27-37(28-16-12-9-6-2)33-23-20-31(21-24-33)19-22-32-25-29-38(30-36(4)26-10-7-3)35-18-14-13-17-34(32)35/h13-14,17-25,29H,5-12,15-16,26-28,30H2,1-4H3/q+1. The number of rotatable bonds is 18. The minimum Gasteiger partial charge on any atom is -0.372 e. The number of pyridine rings is 1. The maximum Gasteiger partial charge on any atom is 0.214 e. The number of hydrogen-bond donors (Lipinski definition) is 0. The van der Waals surface area contributed by atoms with Gasteiger partial charge in [-0.15, -0.1) is 0 Å². The van der Waals surface area contributed by atoms with Crippen LogP contribution in [-0.2, 0) is 6.67 Å². The van der Waals surface area contributed by atoms with Gasteiger partial charge in [0.15, 0.2) is 6.20 Å². The van der Waals surface area contributed by atoms with Gasteiger partial charge < -0.3 is 4.90 Å². The summed E-state index contributed by atoms with van der Waals surface area (Å²) in [6, 6.07) is 20.2. The highest BCUT2D eigenvalue weighted by atomic mass is 15.2. The first-order valence-corrected chi connectivity index (χ1v) is 15.3. The fourth-order valence-corrected chi connectivity index (χ4v) is 5.15. The van der Waals surface area contributed by atoms with Gasteiger partial charge in [0.2, 0.25) is 12.2 Å². The molecule has 0 fully saturated rings. The van der Waals surface area contributed by atoms with Gasteiger partial charge in [-0.2, -0.15) is 4.57 Å². The molecule has 0 aliphatic heterocycles. The summed E-state index contributed by atoms with van der Waals surface area (Å²) in [7, 11) is 2.21. The Labute approximate surface area is 233 Å². The van der Waals surface area contributed by atoms with Crippen molar-refractivity contribution in [3.05, 3.63) is 71.9 Å². The van der Waals surface area contributed by atoms with Crippen molar-refractivity contribution in [2.45, 2.75) is 91.6 Å². The van der Waals surface area contributed by atoms with E-state index in [1.807, 2.05) is 0 Å². The number of benzene rings is 2.